The summed E-state index contributed by atoms with van der Waals surface area (Å²) in [5.41, 5.74) is 2.69. The van der Waals surface area contributed by atoms with Crippen LogP contribution in [0.3, 0.4) is 0 Å². The number of carboxylic acids is 1. The Balaban J connectivity index is 1.12. The van der Waals surface area contributed by atoms with E-state index in [0.717, 1.165) is 41.8 Å². The average Bonchev–Trinajstić information content (AvgIpc) is 3.71. The predicted molar refractivity (Wildman–Crippen MR) is 213 cm³/mol. The van der Waals surface area contributed by atoms with Gasteiger partial charge in [-0.25, -0.2) is 9.78 Å². The van der Waals surface area contributed by atoms with Gasteiger partial charge >= 0.3 is 17.8 Å². The number of epoxide rings is 1. The number of hydrogen-bond acceptors (Lipinski definition) is 9. The monoisotopic (exact) mass is 838 g/mol. The molecule has 3 aromatic carbocycles. The molecule has 2 fully saturated rings. The first-order chi connectivity index (χ1) is 28.3. The number of halogens is 4. The number of rotatable bonds is 17. The lowest BCUT2D eigenvalue weighted by molar-refractivity contribution is -0.231. The van der Waals surface area contributed by atoms with Gasteiger partial charge in [0.25, 0.3) is 0 Å². The second-order valence-corrected chi connectivity index (χ2v) is 16.4. The molecule has 0 bridgehead atoms. The molecule has 2 amide bonds. The molecule has 1 saturated carbocycles. The molecule has 5 N–H and O–H groups in total. The number of ether oxygens (including phenoxy) is 3. The van der Waals surface area contributed by atoms with Gasteiger partial charge in [-0.2, -0.15) is 22.7 Å². The number of nitrogens with zero attached hydrogens (tertiary/aromatic N) is 2. The van der Waals surface area contributed by atoms with Crippen LogP contribution < -0.4 is 20.7 Å². The highest BCUT2D eigenvalue weighted by atomic mass is 19.3. The van der Waals surface area contributed by atoms with Crippen molar-refractivity contribution in [2.75, 3.05) is 11.9 Å². The van der Waals surface area contributed by atoms with E-state index in [1.165, 1.54) is 24.3 Å². The lowest BCUT2D eigenvalue weighted by atomic mass is 9.81. The number of carbonyl (C=O) groups excluding carboxylic acids is 2. The highest BCUT2D eigenvalue weighted by molar-refractivity contribution is 5.97. The number of nitrogens with one attached hydrogen (secondary N) is 4. The topological polar surface area (TPSA) is 180 Å². The molecule has 6 rings (SSSR count). The molecule has 2 heterocycles. The van der Waals surface area contributed by atoms with E-state index in [-0.39, 0.29) is 53.7 Å². The second kappa shape index (κ2) is 18.1. The minimum Gasteiger partial charge on any atom is -0.490 e. The SMILES string of the molecule is CC(C)Oc1ccccc1-c1ccc(CC(NC(=O)C2CCC(CNC3OC3OC(C)(C)C)CC2)C(=O)Nc2ccc(-c3n[nH]c(C(F)(F)C(F)(F)C(=O)O)n3)cc2)cc1. The van der Waals surface area contributed by atoms with Crippen LogP contribution in [-0.2, 0) is 36.2 Å². The molecule has 3 atom stereocenters. The van der Waals surface area contributed by atoms with Crippen LogP contribution in [0.1, 0.15) is 71.7 Å². The molecule has 1 aliphatic heterocycles. The number of anilines is 1. The van der Waals surface area contributed by atoms with Crippen LogP contribution in [0.2, 0.25) is 0 Å². The van der Waals surface area contributed by atoms with Gasteiger partial charge in [0.1, 0.15) is 11.8 Å². The van der Waals surface area contributed by atoms with Gasteiger partial charge in [0.05, 0.1) is 11.7 Å². The maximum absolute atomic E-state index is 14.3. The highest BCUT2D eigenvalue weighted by Gasteiger charge is 2.65. The summed E-state index contributed by atoms with van der Waals surface area (Å²) in [6.07, 6.45) is 2.66. The first-order valence-electron chi connectivity index (χ1n) is 19.9. The number of carboxylic acid groups (broad SMARTS) is 1. The van der Waals surface area contributed by atoms with Gasteiger partial charge in [-0.1, -0.05) is 42.5 Å². The Hall–Kier alpha value is -5.39. The van der Waals surface area contributed by atoms with Crippen molar-refractivity contribution in [2.24, 2.45) is 11.8 Å². The summed E-state index contributed by atoms with van der Waals surface area (Å²) in [7, 11) is 0. The molecular weight excluding hydrogens is 789 g/mol. The molecule has 3 unspecified atom stereocenters. The molecule has 4 aromatic rings. The Morgan fingerprint density at radius 2 is 1.57 bits per heavy atom. The van der Waals surface area contributed by atoms with E-state index >= 15 is 0 Å². The Bertz CT molecular complexity index is 2120. The number of H-pyrrole nitrogens is 1. The van der Waals surface area contributed by atoms with Crippen molar-refractivity contribution in [1.82, 2.24) is 25.8 Å². The van der Waals surface area contributed by atoms with E-state index < -0.39 is 41.4 Å². The third-order valence-corrected chi connectivity index (χ3v) is 10.2. The number of carbonyl (C=O) groups is 3. The fraction of sp³-hybridized carbons (Fsp3) is 0.465. The highest BCUT2D eigenvalue weighted by Crippen LogP contribution is 2.42. The molecular formula is C43H50F4N6O7. The number of benzene rings is 3. The number of aromatic nitrogens is 3. The van der Waals surface area contributed by atoms with Crippen molar-refractivity contribution in [2.45, 2.75) is 109 Å². The quantitative estimate of drug-likeness (QED) is 0.0535. The van der Waals surface area contributed by atoms with E-state index in [2.05, 4.69) is 26.0 Å². The van der Waals surface area contributed by atoms with Crippen molar-refractivity contribution in [1.29, 1.82) is 0 Å². The molecule has 0 spiro atoms. The first kappa shape index (κ1) is 44.2. The van der Waals surface area contributed by atoms with Gasteiger partial charge in [0.15, 0.2) is 18.3 Å². The van der Waals surface area contributed by atoms with Gasteiger partial charge in [-0.15, -0.1) is 0 Å². The van der Waals surface area contributed by atoms with E-state index in [9.17, 15) is 31.9 Å². The van der Waals surface area contributed by atoms with Gasteiger partial charge in [0, 0.05) is 35.7 Å². The number of alkyl halides is 4. The van der Waals surface area contributed by atoms with Gasteiger partial charge < -0.3 is 30.0 Å². The van der Waals surface area contributed by atoms with Crippen molar-refractivity contribution >= 4 is 23.5 Å². The normalized spacial score (nSPS) is 20.0. The summed E-state index contributed by atoms with van der Waals surface area (Å²) in [4.78, 5) is 41.8. The van der Waals surface area contributed by atoms with E-state index in [1.54, 1.807) is 5.10 Å². The average molecular weight is 839 g/mol. The largest absolute Gasteiger partial charge is 0.490 e. The number of hydrogen-bond donors (Lipinski definition) is 5. The van der Waals surface area contributed by atoms with E-state index in [4.69, 9.17) is 19.3 Å². The summed E-state index contributed by atoms with van der Waals surface area (Å²) in [5.74, 6) is -15.6. The molecule has 17 heteroatoms. The van der Waals surface area contributed by atoms with Crippen LogP contribution in [0.25, 0.3) is 22.5 Å². The molecule has 1 saturated heterocycles. The molecule has 1 aliphatic carbocycles. The second-order valence-electron chi connectivity index (χ2n) is 16.4. The molecule has 0 radical (unpaired) electrons. The smallest absolute Gasteiger partial charge is 0.411 e. The minimum atomic E-state index is -5.44. The zero-order valence-corrected chi connectivity index (χ0v) is 33.9. The van der Waals surface area contributed by atoms with Crippen LogP contribution in [0.4, 0.5) is 23.2 Å². The van der Waals surface area contributed by atoms with E-state index in [0.29, 0.717) is 18.8 Å². The number of aliphatic carboxylic acids is 1. The maximum atomic E-state index is 14.3. The summed E-state index contributed by atoms with van der Waals surface area (Å²) in [6, 6.07) is 19.9. The summed E-state index contributed by atoms with van der Waals surface area (Å²) in [5, 5.41) is 23.0. The molecule has 1 aromatic heterocycles. The van der Waals surface area contributed by atoms with Crippen molar-refractivity contribution in [3.05, 3.63) is 84.2 Å². The Labute approximate surface area is 345 Å². The first-order valence-corrected chi connectivity index (χ1v) is 19.9. The lowest BCUT2D eigenvalue weighted by Gasteiger charge is -2.29. The lowest BCUT2D eigenvalue weighted by Crippen LogP contribution is -2.48. The third-order valence-electron chi connectivity index (χ3n) is 10.2. The molecule has 60 heavy (non-hydrogen) atoms. The fourth-order valence-corrected chi connectivity index (χ4v) is 6.96. The number of amides is 2. The molecule has 13 nitrogen and oxygen atoms in total. The number of aromatic amines is 1. The Morgan fingerprint density at radius 1 is 0.917 bits per heavy atom. The zero-order chi connectivity index (χ0) is 43.4. The maximum Gasteiger partial charge on any atom is 0.411 e. The summed E-state index contributed by atoms with van der Waals surface area (Å²) >= 11 is 0. The van der Waals surface area contributed by atoms with Crippen LogP contribution in [0.5, 0.6) is 5.75 Å². The van der Waals surface area contributed by atoms with Crippen LogP contribution >= 0.6 is 0 Å². The van der Waals surface area contributed by atoms with Crippen LogP contribution in [0, 0.1) is 11.8 Å². The third kappa shape index (κ3) is 10.9. The zero-order valence-electron chi connectivity index (χ0n) is 33.9. The summed E-state index contributed by atoms with van der Waals surface area (Å²) < 4.78 is 73.5. The molecule has 2 aliphatic rings. The van der Waals surface area contributed by atoms with Crippen LogP contribution in [0.15, 0.2) is 72.8 Å². The van der Waals surface area contributed by atoms with Gasteiger partial charge in [-0.3, -0.25) is 20.0 Å². The fourth-order valence-electron chi connectivity index (χ4n) is 6.96. The molecule has 322 valence electrons. The standard InChI is InChI=1S/C43H50F4N6O7/c1-24(2)58-33-9-7-6-8-31(33)27-14-10-25(11-15-27)22-32(50-35(54)29-16-12-26(13-17-29)23-48-37-38(59-37)60-41(3,4)5)36(55)49-30-20-18-28(19-21-30)34-51-39(53-52-34)42(44,45)43(46,47)40(56)57/h6-11,14-15,18-21,24,26,29,32,37-38,48H,12-13,16-17,22-23H2,1-5H3,(H,49,55)(H,50,54)(H,56,57)(H,51,52,53). The minimum absolute atomic E-state index is 0.0241. The Morgan fingerprint density at radius 3 is 2.20 bits per heavy atom. The van der Waals surface area contributed by atoms with Crippen molar-refractivity contribution < 1.29 is 51.3 Å². The Kier molecular flexibility index (Phi) is 13.3. The summed E-state index contributed by atoms with van der Waals surface area (Å²) in [6.45, 7) is 10.6. The van der Waals surface area contributed by atoms with Crippen LogP contribution in [-0.4, -0.2) is 80.8 Å². The van der Waals surface area contributed by atoms with Gasteiger partial charge in [-0.05, 0) is 108 Å². The van der Waals surface area contributed by atoms with Crippen molar-refractivity contribution in [3.8, 4) is 28.3 Å². The van der Waals surface area contributed by atoms with E-state index in [1.807, 2.05) is 83.1 Å². The number of para-hydroxylation sites is 1. The van der Waals surface area contributed by atoms with Gasteiger partial charge in [0.2, 0.25) is 17.6 Å². The predicted octanol–water partition coefficient (Wildman–Crippen LogP) is 7.30. The van der Waals surface area contributed by atoms with Crippen molar-refractivity contribution in [3.63, 3.8) is 0 Å².